The molecule has 0 bridgehead atoms. The maximum absolute atomic E-state index is 11.4. The fourth-order valence-corrected chi connectivity index (χ4v) is 1.33. The second-order valence-electron chi connectivity index (χ2n) is 4.09. The van der Waals surface area contributed by atoms with Crippen molar-refractivity contribution >= 4 is 11.9 Å². The van der Waals surface area contributed by atoms with Crippen molar-refractivity contribution in [2.75, 3.05) is 6.61 Å². The van der Waals surface area contributed by atoms with Crippen LogP contribution in [0, 0.1) is 6.92 Å². The molecular weight excluding hydrogens is 244 g/mol. The quantitative estimate of drug-likeness (QED) is 0.342. The maximum atomic E-state index is 11.4. The largest absolute Gasteiger partial charge is 0.463 e. The molecule has 0 atom stereocenters. The summed E-state index contributed by atoms with van der Waals surface area (Å²) in [5, 5.41) is 0. The van der Waals surface area contributed by atoms with Crippen molar-refractivity contribution in [3.05, 3.63) is 42.0 Å². The van der Waals surface area contributed by atoms with Crippen LogP contribution in [0.2, 0.25) is 0 Å². The summed E-state index contributed by atoms with van der Waals surface area (Å²) >= 11 is 0. The SMILES string of the molecule is CCCCOC(=O)/C=C/C(=O)Oc1cccc(C)c1. The summed E-state index contributed by atoms with van der Waals surface area (Å²) in [5.74, 6) is -0.679. The van der Waals surface area contributed by atoms with Gasteiger partial charge < -0.3 is 9.47 Å². The molecule has 0 fully saturated rings. The van der Waals surface area contributed by atoms with Gasteiger partial charge in [-0.25, -0.2) is 9.59 Å². The molecule has 0 saturated heterocycles. The third-order valence-electron chi connectivity index (χ3n) is 2.31. The van der Waals surface area contributed by atoms with Crippen LogP contribution in [0.3, 0.4) is 0 Å². The Bertz CT molecular complexity index is 463. The second kappa shape index (κ2) is 8.08. The lowest BCUT2D eigenvalue weighted by Gasteiger charge is -2.02. The van der Waals surface area contributed by atoms with Gasteiger partial charge in [0.25, 0.3) is 0 Å². The van der Waals surface area contributed by atoms with E-state index in [2.05, 4.69) is 0 Å². The molecule has 1 aromatic rings. The first-order chi connectivity index (χ1) is 9.11. The smallest absolute Gasteiger partial charge is 0.336 e. The van der Waals surface area contributed by atoms with E-state index < -0.39 is 11.9 Å². The molecule has 0 N–H and O–H groups in total. The molecular formula is C15H18O4. The fourth-order valence-electron chi connectivity index (χ4n) is 1.33. The average Bonchev–Trinajstić information content (AvgIpc) is 2.37. The summed E-state index contributed by atoms with van der Waals surface area (Å²) in [6.45, 7) is 4.27. The monoisotopic (exact) mass is 262 g/mol. The van der Waals surface area contributed by atoms with Gasteiger partial charge in [-0.05, 0) is 31.0 Å². The number of carbonyl (C=O) groups excluding carboxylic acids is 2. The molecule has 1 aromatic carbocycles. The van der Waals surface area contributed by atoms with Crippen LogP contribution < -0.4 is 4.74 Å². The third kappa shape index (κ3) is 6.41. The van der Waals surface area contributed by atoms with E-state index in [-0.39, 0.29) is 0 Å². The number of hydrogen-bond acceptors (Lipinski definition) is 4. The van der Waals surface area contributed by atoms with Gasteiger partial charge in [0, 0.05) is 12.2 Å². The highest BCUT2D eigenvalue weighted by atomic mass is 16.5. The molecule has 4 heteroatoms. The van der Waals surface area contributed by atoms with Crippen LogP contribution in [0.25, 0.3) is 0 Å². The summed E-state index contributed by atoms with van der Waals surface area (Å²) in [6, 6.07) is 7.11. The number of carbonyl (C=O) groups is 2. The van der Waals surface area contributed by atoms with E-state index in [1.165, 1.54) is 0 Å². The van der Waals surface area contributed by atoms with Crippen molar-refractivity contribution in [3.8, 4) is 5.75 Å². The van der Waals surface area contributed by atoms with Crippen LogP contribution >= 0.6 is 0 Å². The normalized spacial score (nSPS) is 10.4. The number of esters is 2. The van der Waals surface area contributed by atoms with E-state index in [1.807, 2.05) is 19.9 Å². The lowest BCUT2D eigenvalue weighted by Crippen LogP contribution is -2.07. The topological polar surface area (TPSA) is 52.6 Å². The van der Waals surface area contributed by atoms with Gasteiger partial charge in [0.05, 0.1) is 6.61 Å². The predicted octanol–water partition coefficient (Wildman–Crippen LogP) is 2.80. The predicted molar refractivity (Wildman–Crippen MR) is 71.8 cm³/mol. The molecule has 0 aromatic heterocycles. The summed E-state index contributed by atoms with van der Waals surface area (Å²) in [7, 11) is 0. The van der Waals surface area contributed by atoms with E-state index in [0.717, 1.165) is 30.6 Å². The van der Waals surface area contributed by atoms with Crippen LogP contribution in [-0.4, -0.2) is 18.5 Å². The van der Waals surface area contributed by atoms with Crippen molar-refractivity contribution in [1.29, 1.82) is 0 Å². The molecule has 0 heterocycles. The standard InChI is InChI=1S/C15H18O4/c1-3-4-10-18-14(16)8-9-15(17)19-13-7-5-6-12(2)11-13/h5-9,11H,3-4,10H2,1-2H3/b9-8+. The van der Waals surface area contributed by atoms with Gasteiger partial charge in [0.15, 0.2) is 0 Å². The first-order valence-electron chi connectivity index (χ1n) is 6.25. The Kier molecular flexibility index (Phi) is 6.36. The number of rotatable bonds is 6. The van der Waals surface area contributed by atoms with Gasteiger partial charge in [-0.3, -0.25) is 0 Å². The molecule has 0 saturated carbocycles. The van der Waals surface area contributed by atoms with Crippen molar-refractivity contribution in [2.24, 2.45) is 0 Å². The molecule has 4 nitrogen and oxygen atoms in total. The lowest BCUT2D eigenvalue weighted by atomic mass is 10.2. The number of unbranched alkanes of at least 4 members (excludes halogenated alkanes) is 1. The molecule has 0 radical (unpaired) electrons. The molecule has 0 aliphatic heterocycles. The minimum absolute atomic E-state index is 0.368. The maximum Gasteiger partial charge on any atom is 0.336 e. The zero-order valence-corrected chi connectivity index (χ0v) is 11.2. The Morgan fingerprint density at radius 1 is 1.21 bits per heavy atom. The van der Waals surface area contributed by atoms with Crippen LogP contribution in [0.15, 0.2) is 36.4 Å². The lowest BCUT2D eigenvalue weighted by molar-refractivity contribution is -0.138. The summed E-state index contributed by atoms with van der Waals surface area (Å²) in [4.78, 5) is 22.7. The van der Waals surface area contributed by atoms with Gasteiger partial charge >= 0.3 is 11.9 Å². The minimum Gasteiger partial charge on any atom is -0.463 e. The number of aryl methyl sites for hydroxylation is 1. The van der Waals surface area contributed by atoms with Crippen LogP contribution in [0.1, 0.15) is 25.3 Å². The number of ether oxygens (including phenoxy) is 2. The fraction of sp³-hybridized carbons (Fsp3) is 0.333. The van der Waals surface area contributed by atoms with E-state index >= 15 is 0 Å². The van der Waals surface area contributed by atoms with Gasteiger partial charge in [-0.15, -0.1) is 0 Å². The van der Waals surface area contributed by atoms with E-state index in [0.29, 0.717) is 12.4 Å². The molecule has 0 spiro atoms. The van der Waals surface area contributed by atoms with E-state index in [1.54, 1.807) is 18.2 Å². The van der Waals surface area contributed by atoms with E-state index in [4.69, 9.17) is 9.47 Å². The van der Waals surface area contributed by atoms with E-state index in [9.17, 15) is 9.59 Å². The molecule has 19 heavy (non-hydrogen) atoms. The first-order valence-corrected chi connectivity index (χ1v) is 6.25. The van der Waals surface area contributed by atoms with Crippen LogP contribution in [-0.2, 0) is 14.3 Å². The Balaban J connectivity index is 2.40. The molecule has 0 aliphatic carbocycles. The van der Waals surface area contributed by atoms with Crippen LogP contribution in [0.4, 0.5) is 0 Å². The van der Waals surface area contributed by atoms with Gasteiger partial charge in [0.2, 0.25) is 0 Å². The minimum atomic E-state index is -0.599. The van der Waals surface area contributed by atoms with Crippen molar-refractivity contribution < 1.29 is 19.1 Å². The highest BCUT2D eigenvalue weighted by molar-refractivity contribution is 5.92. The molecule has 0 amide bonds. The van der Waals surface area contributed by atoms with Crippen LogP contribution in [0.5, 0.6) is 5.75 Å². The highest BCUT2D eigenvalue weighted by Crippen LogP contribution is 2.12. The van der Waals surface area contributed by atoms with Crippen molar-refractivity contribution in [3.63, 3.8) is 0 Å². The Morgan fingerprint density at radius 2 is 1.95 bits per heavy atom. The van der Waals surface area contributed by atoms with Gasteiger partial charge in [0.1, 0.15) is 5.75 Å². The average molecular weight is 262 g/mol. The molecule has 102 valence electrons. The zero-order chi connectivity index (χ0) is 14.1. The first kappa shape index (κ1) is 15.0. The molecule has 0 unspecified atom stereocenters. The summed E-state index contributed by atoms with van der Waals surface area (Å²) in [6.07, 6.45) is 3.91. The second-order valence-corrected chi connectivity index (χ2v) is 4.09. The third-order valence-corrected chi connectivity index (χ3v) is 2.31. The Labute approximate surface area is 113 Å². The number of benzene rings is 1. The Hall–Kier alpha value is -2.10. The Morgan fingerprint density at radius 3 is 2.63 bits per heavy atom. The number of hydrogen-bond donors (Lipinski definition) is 0. The van der Waals surface area contributed by atoms with Crippen molar-refractivity contribution in [2.45, 2.75) is 26.7 Å². The molecule has 1 rings (SSSR count). The van der Waals surface area contributed by atoms with Gasteiger partial charge in [-0.1, -0.05) is 25.5 Å². The molecule has 0 aliphatic rings. The summed E-state index contributed by atoms with van der Waals surface area (Å²) < 4.78 is 9.91. The summed E-state index contributed by atoms with van der Waals surface area (Å²) in [5.41, 5.74) is 0.994. The van der Waals surface area contributed by atoms with Gasteiger partial charge in [-0.2, -0.15) is 0 Å². The van der Waals surface area contributed by atoms with Crippen molar-refractivity contribution in [1.82, 2.24) is 0 Å². The highest BCUT2D eigenvalue weighted by Gasteiger charge is 2.02. The zero-order valence-electron chi connectivity index (χ0n) is 11.2.